The molecule has 108 valence electrons. The average molecular weight is 279 g/mol. The highest BCUT2D eigenvalue weighted by atomic mass is 16.5. The topological polar surface area (TPSA) is 21.3 Å². The molecule has 21 heavy (non-hydrogen) atoms. The van der Waals surface area contributed by atoms with E-state index in [9.17, 15) is 0 Å². The van der Waals surface area contributed by atoms with Gasteiger partial charge < -0.3 is 10.1 Å². The maximum absolute atomic E-state index is 6.42. The molecular weight excluding hydrogens is 258 g/mol. The standard InChI is InChI=1S/C19H21NO/c1-12-7-6-10-15-17(12)21-18-13-8-4-5-9-14(13)19(2,3)11-16(18)20-15/h4-10,16,18,20H,11H2,1-3H3. The van der Waals surface area contributed by atoms with Gasteiger partial charge >= 0.3 is 0 Å². The van der Waals surface area contributed by atoms with Crippen molar-refractivity contribution in [1.29, 1.82) is 0 Å². The Balaban J connectivity index is 1.85. The van der Waals surface area contributed by atoms with Crippen molar-refractivity contribution in [3.63, 3.8) is 0 Å². The summed E-state index contributed by atoms with van der Waals surface area (Å²) in [4.78, 5) is 0. The summed E-state index contributed by atoms with van der Waals surface area (Å²) in [5.41, 5.74) is 5.26. The number of anilines is 1. The number of ether oxygens (including phenoxy) is 1. The summed E-state index contributed by atoms with van der Waals surface area (Å²) in [5.74, 6) is 1.01. The predicted molar refractivity (Wildman–Crippen MR) is 86.0 cm³/mol. The van der Waals surface area contributed by atoms with Crippen LogP contribution in [0, 0.1) is 6.92 Å². The Bertz CT molecular complexity index is 704. The van der Waals surface area contributed by atoms with E-state index < -0.39 is 0 Å². The van der Waals surface area contributed by atoms with E-state index in [1.54, 1.807) is 0 Å². The van der Waals surface area contributed by atoms with Crippen molar-refractivity contribution in [2.45, 2.75) is 44.8 Å². The molecular formula is C19H21NO. The first-order valence-electron chi connectivity index (χ1n) is 7.68. The molecule has 2 aromatic carbocycles. The summed E-state index contributed by atoms with van der Waals surface area (Å²) in [6.07, 6.45) is 1.20. The van der Waals surface area contributed by atoms with E-state index in [1.165, 1.54) is 16.7 Å². The number of para-hydroxylation sites is 1. The quantitative estimate of drug-likeness (QED) is 0.761. The van der Waals surface area contributed by atoms with Crippen LogP contribution >= 0.6 is 0 Å². The molecule has 2 atom stereocenters. The number of benzene rings is 2. The molecule has 1 N–H and O–H groups in total. The Kier molecular flexibility index (Phi) is 2.59. The van der Waals surface area contributed by atoms with E-state index in [4.69, 9.17) is 4.74 Å². The highest BCUT2D eigenvalue weighted by Crippen LogP contribution is 2.48. The number of hydrogen-bond donors (Lipinski definition) is 1. The second-order valence-electron chi connectivity index (χ2n) is 6.92. The maximum atomic E-state index is 6.42. The molecule has 0 saturated carbocycles. The minimum Gasteiger partial charge on any atom is -0.481 e. The lowest BCUT2D eigenvalue weighted by Crippen LogP contribution is -2.44. The molecule has 2 unspecified atom stereocenters. The summed E-state index contributed by atoms with van der Waals surface area (Å²) in [7, 11) is 0. The van der Waals surface area contributed by atoms with Gasteiger partial charge in [0.25, 0.3) is 0 Å². The lowest BCUT2D eigenvalue weighted by atomic mass is 9.69. The third-order valence-corrected chi connectivity index (χ3v) is 4.89. The first-order chi connectivity index (χ1) is 10.1. The van der Waals surface area contributed by atoms with Gasteiger partial charge in [-0.2, -0.15) is 0 Å². The Morgan fingerprint density at radius 3 is 2.76 bits per heavy atom. The van der Waals surface area contributed by atoms with Gasteiger partial charge in [-0.15, -0.1) is 0 Å². The van der Waals surface area contributed by atoms with Crippen LogP contribution in [0.5, 0.6) is 5.75 Å². The number of aryl methyl sites for hydroxylation is 1. The van der Waals surface area contributed by atoms with Gasteiger partial charge in [0.15, 0.2) is 0 Å². The van der Waals surface area contributed by atoms with E-state index in [-0.39, 0.29) is 11.5 Å². The van der Waals surface area contributed by atoms with Crippen LogP contribution in [0.3, 0.4) is 0 Å². The highest BCUT2D eigenvalue weighted by molar-refractivity contribution is 5.63. The summed E-state index contributed by atoms with van der Waals surface area (Å²) >= 11 is 0. The van der Waals surface area contributed by atoms with Crippen LogP contribution < -0.4 is 10.1 Å². The van der Waals surface area contributed by atoms with Gasteiger partial charge in [-0.3, -0.25) is 0 Å². The number of hydrogen-bond acceptors (Lipinski definition) is 2. The van der Waals surface area contributed by atoms with E-state index >= 15 is 0 Å². The fourth-order valence-electron chi connectivity index (χ4n) is 3.87. The van der Waals surface area contributed by atoms with Crippen LogP contribution in [-0.2, 0) is 5.41 Å². The Hall–Kier alpha value is -1.96. The van der Waals surface area contributed by atoms with Gasteiger partial charge in [0.05, 0.1) is 11.7 Å². The zero-order chi connectivity index (χ0) is 14.6. The molecule has 2 aliphatic rings. The van der Waals surface area contributed by atoms with E-state index in [0.29, 0.717) is 6.04 Å². The minimum atomic E-state index is 0.114. The Morgan fingerprint density at radius 2 is 1.90 bits per heavy atom. The first kappa shape index (κ1) is 12.8. The molecule has 0 aromatic heterocycles. The van der Waals surface area contributed by atoms with Gasteiger partial charge in [-0.1, -0.05) is 50.2 Å². The van der Waals surface area contributed by atoms with Crippen LogP contribution in [0.4, 0.5) is 5.69 Å². The molecule has 1 aliphatic heterocycles. The third kappa shape index (κ3) is 1.85. The molecule has 2 heteroatoms. The monoisotopic (exact) mass is 279 g/mol. The fraction of sp³-hybridized carbons (Fsp3) is 0.368. The van der Waals surface area contributed by atoms with Gasteiger partial charge in [0, 0.05) is 0 Å². The van der Waals surface area contributed by atoms with E-state index in [0.717, 1.165) is 17.9 Å². The first-order valence-corrected chi connectivity index (χ1v) is 7.68. The van der Waals surface area contributed by atoms with E-state index in [2.05, 4.69) is 68.6 Å². The van der Waals surface area contributed by atoms with Crippen LogP contribution in [0.25, 0.3) is 0 Å². The van der Waals surface area contributed by atoms with Crippen molar-refractivity contribution in [2.24, 2.45) is 0 Å². The highest BCUT2D eigenvalue weighted by Gasteiger charge is 2.42. The summed E-state index contributed by atoms with van der Waals surface area (Å²) in [6.45, 7) is 6.77. The third-order valence-electron chi connectivity index (χ3n) is 4.89. The molecule has 0 spiro atoms. The zero-order valence-electron chi connectivity index (χ0n) is 12.8. The van der Waals surface area contributed by atoms with Crippen molar-refractivity contribution < 1.29 is 4.74 Å². The Labute approximate surface area is 126 Å². The number of rotatable bonds is 0. The molecule has 1 heterocycles. The number of nitrogens with one attached hydrogen (secondary N) is 1. The normalized spacial score (nSPS) is 24.9. The van der Waals surface area contributed by atoms with Crippen molar-refractivity contribution >= 4 is 5.69 Å². The summed E-state index contributed by atoms with van der Waals surface area (Å²) in [6, 6.07) is 15.4. The van der Waals surface area contributed by atoms with Crippen LogP contribution in [0.2, 0.25) is 0 Å². The van der Waals surface area contributed by atoms with Crippen LogP contribution in [0.1, 0.15) is 43.1 Å². The lowest BCUT2D eigenvalue weighted by molar-refractivity contribution is 0.137. The van der Waals surface area contributed by atoms with E-state index in [1.807, 2.05) is 0 Å². The van der Waals surface area contributed by atoms with Crippen molar-refractivity contribution in [3.05, 3.63) is 59.2 Å². The van der Waals surface area contributed by atoms with Crippen LogP contribution in [0.15, 0.2) is 42.5 Å². The summed E-state index contributed by atoms with van der Waals surface area (Å²) < 4.78 is 6.42. The molecule has 2 nitrogen and oxygen atoms in total. The second-order valence-corrected chi connectivity index (χ2v) is 6.92. The van der Waals surface area contributed by atoms with Crippen LogP contribution in [-0.4, -0.2) is 6.04 Å². The van der Waals surface area contributed by atoms with Gasteiger partial charge in [-0.25, -0.2) is 0 Å². The second kappa shape index (κ2) is 4.27. The van der Waals surface area contributed by atoms with Gasteiger partial charge in [-0.05, 0) is 41.5 Å². The largest absolute Gasteiger partial charge is 0.481 e. The SMILES string of the molecule is Cc1cccc2c1OC1c3ccccc3C(C)(C)CC1N2. The average Bonchev–Trinajstić information content (AvgIpc) is 2.46. The minimum absolute atomic E-state index is 0.114. The molecule has 2 aromatic rings. The fourth-order valence-corrected chi connectivity index (χ4v) is 3.87. The van der Waals surface area contributed by atoms with Crippen molar-refractivity contribution in [2.75, 3.05) is 5.32 Å². The molecule has 0 radical (unpaired) electrons. The Morgan fingerprint density at radius 1 is 1.10 bits per heavy atom. The van der Waals surface area contributed by atoms with Crippen molar-refractivity contribution in [1.82, 2.24) is 0 Å². The van der Waals surface area contributed by atoms with Gasteiger partial charge in [0.2, 0.25) is 0 Å². The predicted octanol–water partition coefficient (Wildman–Crippen LogP) is 4.59. The molecule has 1 aliphatic carbocycles. The smallest absolute Gasteiger partial charge is 0.146 e. The molecule has 4 rings (SSSR count). The maximum Gasteiger partial charge on any atom is 0.146 e. The molecule has 0 bridgehead atoms. The van der Waals surface area contributed by atoms with Gasteiger partial charge in [0.1, 0.15) is 11.9 Å². The molecule has 0 saturated heterocycles. The summed E-state index contributed by atoms with van der Waals surface area (Å²) in [5, 5.41) is 3.71. The lowest BCUT2D eigenvalue weighted by Gasteiger charge is -2.45. The molecule has 0 fully saturated rings. The number of fused-ring (bicyclic) bond motifs is 4. The zero-order valence-corrected chi connectivity index (χ0v) is 12.8. The van der Waals surface area contributed by atoms with Crippen molar-refractivity contribution in [3.8, 4) is 5.75 Å². The molecule has 0 amide bonds.